The summed E-state index contributed by atoms with van der Waals surface area (Å²) >= 11 is 11.8. The van der Waals surface area contributed by atoms with E-state index < -0.39 is 0 Å². The number of aromatic nitrogens is 2. The third-order valence-corrected chi connectivity index (χ3v) is 4.91. The standard InChI is InChI=1S/C22H22Cl2N4O4/c1-14-13-17(24)8-9-18(14)31-12-2-3-19(29)26-27-20(30)10-11-21-25-22(28-32-21)15-4-6-16(23)7-5-15/h4-9,13H,2-3,10-12H2,1H3,(H,26,29)(H,27,30). The Labute approximate surface area is 195 Å². The minimum Gasteiger partial charge on any atom is -0.493 e. The molecule has 0 spiro atoms. The van der Waals surface area contributed by atoms with Crippen molar-refractivity contribution in [3.05, 3.63) is 64.0 Å². The topological polar surface area (TPSA) is 106 Å². The van der Waals surface area contributed by atoms with Gasteiger partial charge in [-0.2, -0.15) is 4.98 Å². The van der Waals surface area contributed by atoms with Crippen LogP contribution in [0.2, 0.25) is 10.0 Å². The van der Waals surface area contributed by atoms with Crippen LogP contribution in [0.3, 0.4) is 0 Å². The SMILES string of the molecule is Cc1cc(Cl)ccc1OCCCC(=O)NNC(=O)CCc1nc(-c2ccc(Cl)cc2)no1. The zero-order chi connectivity index (χ0) is 22.9. The Kier molecular flexibility index (Phi) is 8.47. The largest absolute Gasteiger partial charge is 0.493 e. The predicted molar refractivity (Wildman–Crippen MR) is 120 cm³/mol. The van der Waals surface area contributed by atoms with Crippen molar-refractivity contribution in [3.63, 3.8) is 0 Å². The van der Waals surface area contributed by atoms with Gasteiger partial charge in [-0.25, -0.2) is 0 Å². The lowest BCUT2D eigenvalue weighted by atomic mass is 10.2. The summed E-state index contributed by atoms with van der Waals surface area (Å²) in [7, 11) is 0. The molecule has 10 heteroatoms. The molecule has 0 saturated heterocycles. The van der Waals surface area contributed by atoms with Gasteiger partial charge in [0.15, 0.2) is 0 Å². The Bertz CT molecular complexity index is 1070. The second-order valence-corrected chi connectivity index (χ2v) is 7.85. The Morgan fingerprint density at radius 2 is 1.69 bits per heavy atom. The van der Waals surface area contributed by atoms with Gasteiger partial charge >= 0.3 is 0 Å². The number of hydrazine groups is 1. The van der Waals surface area contributed by atoms with Gasteiger partial charge in [-0.15, -0.1) is 0 Å². The van der Waals surface area contributed by atoms with Crippen molar-refractivity contribution in [3.8, 4) is 17.1 Å². The molecule has 0 aliphatic carbocycles. The van der Waals surface area contributed by atoms with E-state index in [1.165, 1.54) is 0 Å². The molecule has 0 aliphatic rings. The quantitative estimate of drug-likeness (QED) is 0.352. The zero-order valence-corrected chi connectivity index (χ0v) is 18.9. The number of halogens is 2. The van der Waals surface area contributed by atoms with Crippen molar-refractivity contribution in [1.82, 2.24) is 21.0 Å². The maximum Gasteiger partial charge on any atom is 0.238 e. The van der Waals surface area contributed by atoms with Gasteiger partial charge in [0, 0.05) is 34.9 Å². The van der Waals surface area contributed by atoms with E-state index in [4.69, 9.17) is 32.5 Å². The van der Waals surface area contributed by atoms with Crippen LogP contribution in [0.25, 0.3) is 11.4 Å². The van der Waals surface area contributed by atoms with Crippen LogP contribution in [0, 0.1) is 6.92 Å². The average Bonchev–Trinajstić information content (AvgIpc) is 3.24. The highest BCUT2D eigenvalue weighted by atomic mass is 35.5. The van der Waals surface area contributed by atoms with E-state index in [2.05, 4.69) is 21.0 Å². The molecule has 168 valence electrons. The van der Waals surface area contributed by atoms with E-state index in [-0.39, 0.29) is 31.1 Å². The normalized spacial score (nSPS) is 10.6. The van der Waals surface area contributed by atoms with E-state index in [9.17, 15) is 9.59 Å². The smallest absolute Gasteiger partial charge is 0.238 e. The Hall–Kier alpha value is -3.10. The average molecular weight is 477 g/mol. The van der Waals surface area contributed by atoms with Gasteiger partial charge in [0.1, 0.15) is 5.75 Å². The third-order valence-electron chi connectivity index (χ3n) is 4.42. The van der Waals surface area contributed by atoms with Crippen LogP contribution < -0.4 is 15.6 Å². The molecule has 0 radical (unpaired) electrons. The summed E-state index contributed by atoms with van der Waals surface area (Å²) in [4.78, 5) is 28.1. The molecule has 0 unspecified atom stereocenters. The molecule has 0 saturated carbocycles. The van der Waals surface area contributed by atoms with Crippen LogP contribution in [-0.4, -0.2) is 28.6 Å². The van der Waals surface area contributed by atoms with Gasteiger partial charge in [-0.1, -0.05) is 28.4 Å². The van der Waals surface area contributed by atoms with Gasteiger partial charge in [0.25, 0.3) is 0 Å². The number of ether oxygens (including phenoxy) is 1. The monoisotopic (exact) mass is 476 g/mol. The van der Waals surface area contributed by atoms with Crippen molar-refractivity contribution >= 4 is 35.0 Å². The maximum absolute atomic E-state index is 11.9. The van der Waals surface area contributed by atoms with Crippen molar-refractivity contribution in [2.24, 2.45) is 0 Å². The lowest BCUT2D eigenvalue weighted by molar-refractivity contribution is -0.129. The zero-order valence-electron chi connectivity index (χ0n) is 17.4. The van der Waals surface area contributed by atoms with E-state index in [1.807, 2.05) is 13.0 Å². The van der Waals surface area contributed by atoms with Crippen molar-refractivity contribution in [2.75, 3.05) is 6.61 Å². The maximum atomic E-state index is 11.9. The number of hydrogen-bond acceptors (Lipinski definition) is 6. The van der Waals surface area contributed by atoms with Gasteiger partial charge < -0.3 is 9.26 Å². The number of carbonyl (C=O) groups is 2. The minimum atomic E-state index is -0.363. The molecular formula is C22H22Cl2N4O4. The first-order valence-electron chi connectivity index (χ1n) is 9.96. The fourth-order valence-electron chi connectivity index (χ4n) is 2.75. The first kappa shape index (κ1) is 23.6. The summed E-state index contributed by atoms with van der Waals surface area (Å²) in [5, 5.41) is 5.15. The fourth-order valence-corrected chi connectivity index (χ4v) is 3.10. The molecule has 2 amide bonds. The van der Waals surface area contributed by atoms with Crippen LogP contribution in [0.15, 0.2) is 47.0 Å². The molecule has 2 N–H and O–H groups in total. The van der Waals surface area contributed by atoms with Crippen LogP contribution in [0.5, 0.6) is 5.75 Å². The first-order valence-corrected chi connectivity index (χ1v) is 10.7. The third kappa shape index (κ3) is 7.25. The summed E-state index contributed by atoms with van der Waals surface area (Å²) in [5.41, 5.74) is 6.44. The molecule has 3 aromatic rings. The molecular weight excluding hydrogens is 455 g/mol. The molecule has 8 nitrogen and oxygen atoms in total. The molecule has 1 heterocycles. The molecule has 0 bridgehead atoms. The molecule has 0 aliphatic heterocycles. The first-order chi connectivity index (χ1) is 15.4. The van der Waals surface area contributed by atoms with E-state index in [1.54, 1.807) is 36.4 Å². The number of rotatable bonds is 9. The lowest BCUT2D eigenvalue weighted by Crippen LogP contribution is -2.41. The Balaban J connectivity index is 1.31. The number of aryl methyl sites for hydroxylation is 2. The number of nitrogens with zero attached hydrogens (tertiary/aromatic N) is 2. The fraction of sp³-hybridized carbons (Fsp3) is 0.273. The molecule has 2 aromatic carbocycles. The van der Waals surface area contributed by atoms with E-state index >= 15 is 0 Å². The summed E-state index contributed by atoms with van der Waals surface area (Å²) in [6.07, 6.45) is 1.04. The molecule has 0 atom stereocenters. The number of amides is 2. The summed E-state index contributed by atoms with van der Waals surface area (Å²) in [5.74, 6) is 0.797. The highest BCUT2D eigenvalue weighted by Crippen LogP contribution is 2.22. The van der Waals surface area contributed by atoms with Gasteiger partial charge in [-0.05, 0) is 61.4 Å². The summed E-state index contributed by atoms with van der Waals surface area (Å²) in [6, 6.07) is 12.4. The number of carbonyl (C=O) groups excluding carboxylic acids is 2. The number of benzene rings is 2. The molecule has 1 aromatic heterocycles. The highest BCUT2D eigenvalue weighted by molar-refractivity contribution is 6.30. The Morgan fingerprint density at radius 1 is 1.00 bits per heavy atom. The Morgan fingerprint density at radius 3 is 2.41 bits per heavy atom. The summed E-state index contributed by atoms with van der Waals surface area (Å²) < 4.78 is 10.8. The number of hydrogen-bond donors (Lipinski definition) is 2. The molecule has 3 rings (SSSR count). The number of nitrogens with one attached hydrogen (secondary N) is 2. The summed E-state index contributed by atoms with van der Waals surface area (Å²) in [6.45, 7) is 2.27. The van der Waals surface area contributed by atoms with E-state index in [0.717, 1.165) is 16.9 Å². The van der Waals surface area contributed by atoms with Crippen LogP contribution in [-0.2, 0) is 16.0 Å². The van der Waals surface area contributed by atoms with Gasteiger partial charge in [-0.3, -0.25) is 20.4 Å². The molecule has 0 fully saturated rings. The highest BCUT2D eigenvalue weighted by Gasteiger charge is 2.11. The van der Waals surface area contributed by atoms with Gasteiger partial charge in [0.2, 0.25) is 23.5 Å². The van der Waals surface area contributed by atoms with Crippen molar-refractivity contribution in [1.29, 1.82) is 0 Å². The second kappa shape index (κ2) is 11.5. The van der Waals surface area contributed by atoms with Crippen molar-refractivity contribution < 1.29 is 18.8 Å². The van der Waals surface area contributed by atoms with E-state index in [0.29, 0.717) is 34.8 Å². The second-order valence-electron chi connectivity index (χ2n) is 6.98. The van der Waals surface area contributed by atoms with Gasteiger partial charge in [0.05, 0.1) is 6.61 Å². The van der Waals surface area contributed by atoms with Crippen LogP contribution in [0.4, 0.5) is 0 Å². The predicted octanol–water partition coefficient (Wildman–Crippen LogP) is 4.29. The minimum absolute atomic E-state index is 0.0848. The van der Waals surface area contributed by atoms with Crippen LogP contribution in [0.1, 0.15) is 30.7 Å². The molecule has 32 heavy (non-hydrogen) atoms. The van der Waals surface area contributed by atoms with Crippen molar-refractivity contribution in [2.45, 2.75) is 32.6 Å². The lowest BCUT2D eigenvalue weighted by Gasteiger charge is -2.10. The van der Waals surface area contributed by atoms with Crippen LogP contribution >= 0.6 is 23.2 Å².